The fourth-order valence-corrected chi connectivity index (χ4v) is 4.38. The maximum Gasteiger partial charge on any atom is 0.322 e. The summed E-state index contributed by atoms with van der Waals surface area (Å²) in [4.78, 5) is 13.6. The number of anilines is 1. The van der Waals surface area contributed by atoms with Gasteiger partial charge in [0.25, 0.3) is 5.91 Å². The predicted octanol–water partition coefficient (Wildman–Crippen LogP) is 3.45. The number of thioether (sulfide) groups is 1. The molecule has 2 aromatic carbocycles. The summed E-state index contributed by atoms with van der Waals surface area (Å²) in [6.07, 6.45) is 0.545. The van der Waals surface area contributed by atoms with Crippen LogP contribution in [0.2, 0.25) is 0 Å². The zero-order valence-electron chi connectivity index (χ0n) is 15.2. The van der Waals surface area contributed by atoms with E-state index in [2.05, 4.69) is 15.5 Å². The van der Waals surface area contributed by atoms with Crippen LogP contribution in [0.1, 0.15) is 23.2 Å². The Morgan fingerprint density at radius 1 is 1.07 bits per heavy atom. The van der Waals surface area contributed by atoms with Crippen LogP contribution in [0.5, 0.6) is 0 Å². The van der Waals surface area contributed by atoms with E-state index in [9.17, 15) is 13.2 Å². The first-order valence-corrected chi connectivity index (χ1v) is 11.3. The quantitative estimate of drug-likeness (QED) is 0.560. The van der Waals surface area contributed by atoms with Crippen LogP contribution in [0.25, 0.3) is 0 Å². The molecular formula is C19H19N3O4S2. The molecule has 0 bridgehead atoms. The summed E-state index contributed by atoms with van der Waals surface area (Å²) in [6, 6.07) is 15.9. The van der Waals surface area contributed by atoms with Crippen molar-refractivity contribution in [2.75, 3.05) is 16.8 Å². The van der Waals surface area contributed by atoms with Gasteiger partial charge in [-0.2, -0.15) is 0 Å². The topological polar surface area (TPSA) is 102 Å². The molecular weight excluding hydrogens is 398 g/mol. The summed E-state index contributed by atoms with van der Waals surface area (Å²) in [7, 11) is -3.53. The van der Waals surface area contributed by atoms with E-state index in [1.165, 1.54) is 19.1 Å². The molecule has 3 aromatic rings. The predicted molar refractivity (Wildman–Crippen MR) is 107 cm³/mol. The third-order valence-corrected chi connectivity index (χ3v) is 6.66. The van der Waals surface area contributed by atoms with Crippen LogP contribution in [0.3, 0.4) is 0 Å². The average molecular weight is 418 g/mol. The molecule has 1 N–H and O–H groups in total. The van der Waals surface area contributed by atoms with E-state index in [0.717, 1.165) is 10.6 Å². The zero-order chi connectivity index (χ0) is 20.0. The number of nitrogens with one attached hydrogen (secondary N) is 1. The van der Waals surface area contributed by atoms with E-state index in [0.29, 0.717) is 12.3 Å². The molecule has 0 saturated carbocycles. The molecule has 0 aliphatic heterocycles. The van der Waals surface area contributed by atoms with Crippen LogP contribution in [0, 0.1) is 0 Å². The highest BCUT2D eigenvalue weighted by Crippen LogP contribution is 2.20. The summed E-state index contributed by atoms with van der Waals surface area (Å²) in [5.74, 6) is 0.438. The summed E-state index contributed by atoms with van der Waals surface area (Å²) < 4.78 is 29.8. The van der Waals surface area contributed by atoms with Crippen molar-refractivity contribution in [3.63, 3.8) is 0 Å². The number of amides is 1. The summed E-state index contributed by atoms with van der Waals surface area (Å²) >= 11 is 1.66. The lowest BCUT2D eigenvalue weighted by Gasteiger charge is -2.07. The van der Waals surface area contributed by atoms with Gasteiger partial charge < -0.3 is 4.42 Å². The van der Waals surface area contributed by atoms with Crippen LogP contribution >= 0.6 is 11.8 Å². The highest BCUT2D eigenvalue weighted by Gasteiger charge is 2.21. The number of aromatic nitrogens is 2. The normalized spacial score (nSPS) is 11.3. The first-order valence-electron chi connectivity index (χ1n) is 8.63. The lowest BCUT2D eigenvalue weighted by atomic mass is 10.2. The molecule has 0 fully saturated rings. The molecule has 3 rings (SSSR count). The fraction of sp³-hybridized carbons (Fsp3) is 0.211. The van der Waals surface area contributed by atoms with Crippen molar-refractivity contribution in [2.24, 2.45) is 0 Å². The minimum absolute atomic E-state index is 0.0194. The Bertz CT molecular complexity index is 1050. The number of rotatable bonds is 8. The first kappa shape index (κ1) is 20.1. The molecule has 0 radical (unpaired) electrons. The Hall–Kier alpha value is -2.65. The molecule has 28 heavy (non-hydrogen) atoms. The van der Waals surface area contributed by atoms with Crippen molar-refractivity contribution in [3.8, 4) is 0 Å². The van der Waals surface area contributed by atoms with Gasteiger partial charge in [0.05, 0.1) is 16.2 Å². The summed E-state index contributed by atoms with van der Waals surface area (Å²) in [5.41, 5.74) is 0.0451. The summed E-state index contributed by atoms with van der Waals surface area (Å²) in [5, 5.41) is 10.2. The molecule has 0 atom stereocenters. The summed E-state index contributed by atoms with van der Waals surface area (Å²) in [6.45, 7) is 1.53. The first-order chi connectivity index (χ1) is 13.5. The number of carbonyl (C=O) groups is 1. The van der Waals surface area contributed by atoms with Crippen molar-refractivity contribution in [2.45, 2.75) is 23.1 Å². The minimum Gasteiger partial charge on any atom is -0.408 e. The maximum absolute atomic E-state index is 12.5. The molecule has 7 nitrogen and oxygen atoms in total. The van der Waals surface area contributed by atoms with Crippen molar-refractivity contribution in [1.29, 1.82) is 0 Å². The maximum atomic E-state index is 12.5. The number of carbonyl (C=O) groups excluding carboxylic acids is 1. The third kappa shape index (κ3) is 4.99. The Kier molecular flexibility index (Phi) is 6.48. The van der Waals surface area contributed by atoms with Crippen LogP contribution < -0.4 is 5.32 Å². The van der Waals surface area contributed by atoms with Crippen LogP contribution in [-0.4, -0.2) is 36.0 Å². The van der Waals surface area contributed by atoms with E-state index in [1.54, 1.807) is 23.9 Å². The van der Waals surface area contributed by atoms with Gasteiger partial charge in [-0.1, -0.05) is 42.4 Å². The van der Waals surface area contributed by atoms with Crippen LogP contribution in [0.4, 0.5) is 6.01 Å². The van der Waals surface area contributed by atoms with E-state index >= 15 is 0 Å². The lowest BCUT2D eigenvalue weighted by Crippen LogP contribution is -2.17. The van der Waals surface area contributed by atoms with Crippen LogP contribution in [-0.2, 0) is 16.3 Å². The molecule has 0 aliphatic rings. The molecule has 0 aliphatic carbocycles. The standard InChI is InChI=1S/C19H19N3O4S2/c1-2-28(24,25)16-11-7-6-10-15(16)18(23)20-19-22-21-17(26-19)12-13-27-14-8-4-3-5-9-14/h3-11H,2,12-13H2,1H3,(H,20,22,23). The number of aryl methyl sites for hydroxylation is 1. The molecule has 0 unspecified atom stereocenters. The number of benzene rings is 2. The highest BCUT2D eigenvalue weighted by atomic mass is 32.2. The largest absolute Gasteiger partial charge is 0.408 e. The van der Waals surface area contributed by atoms with Crippen molar-refractivity contribution in [3.05, 3.63) is 66.1 Å². The van der Waals surface area contributed by atoms with Gasteiger partial charge in [-0.3, -0.25) is 10.1 Å². The lowest BCUT2D eigenvalue weighted by molar-refractivity contribution is 0.102. The monoisotopic (exact) mass is 417 g/mol. The van der Waals surface area contributed by atoms with Gasteiger partial charge in [-0.05, 0) is 24.3 Å². The van der Waals surface area contributed by atoms with Gasteiger partial charge in [-0.25, -0.2) is 8.42 Å². The van der Waals surface area contributed by atoms with E-state index in [-0.39, 0.29) is 22.2 Å². The molecule has 146 valence electrons. The molecule has 0 spiro atoms. The molecule has 9 heteroatoms. The minimum atomic E-state index is -3.53. The second-order valence-electron chi connectivity index (χ2n) is 5.77. The Morgan fingerprint density at radius 3 is 2.54 bits per heavy atom. The van der Waals surface area contributed by atoms with Gasteiger partial charge >= 0.3 is 6.01 Å². The van der Waals surface area contributed by atoms with E-state index < -0.39 is 15.7 Å². The van der Waals surface area contributed by atoms with Gasteiger partial charge in [0.15, 0.2) is 9.84 Å². The van der Waals surface area contributed by atoms with Crippen molar-refractivity contribution >= 4 is 33.5 Å². The van der Waals surface area contributed by atoms with Gasteiger partial charge in [0.1, 0.15) is 0 Å². The number of nitrogens with zero attached hydrogens (tertiary/aromatic N) is 2. The number of hydrogen-bond donors (Lipinski definition) is 1. The molecule has 0 saturated heterocycles. The molecule has 1 heterocycles. The van der Waals surface area contributed by atoms with Gasteiger partial charge in [-0.15, -0.1) is 16.9 Å². The average Bonchev–Trinajstić information content (AvgIpc) is 3.16. The smallest absolute Gasteiger partial charge is 0.322 e. The molecule has 1 amide bonds. The van der Waals surface area contributed by atoms with Gasteiger partial charge in [0.2, 0.25) is 5.89 Å². The Labute approximate surface area is 167 Å². The third-order valence-electron chi connectivity index (χ3n) is 3.86. The van der Waals surface area contributed by atoms with Gasteiger partial charge in [0, 0.05) is 17.1 Å². The Morgan fingerprint density at radius 2 is 1.79 bits per heavy atom. The fourth-order valence-electron chi connectivity index (χ4n) is 2.42. The van der Waals surface area contributed by atoms with E-state index in [1.807, 2.05) is 30.3 Å². The SMILES string of the molecule is CCS(=O)(=O)c1ccccc1C(=O)Nc1nnc(CCSc2ccccc2)o1. The number of hydrogen-bond acceptors (Lipinski definition) is 7. The highest BCUT2D eigenvalue weighted by molar-refractivity contribution is 7.99. The second kappa shape index (κ2) is 9.03. The number of sulfone groups is 1. The second-order valence-corrected chi connectivity index (χ2v) is 9.18. The van der Waals surface area contributed by atoms with Crippen molar-refractivity contribution < 1.29 is 17.6 Å². The van der Waals surface area contributed by atoms with Crippen LogP contribution in [0.15, 0.2) is 68.8 Å². The molecule has 1 aromatic heterocycles. The van der Waals surface area contributed by atoms with Crippen molar-refractivity contribution in [1.82, 2.24) is 10.2 Å². The zero-order valence-corrected chi connectivity index (χ0v) is 16.8. The Balaban J connectivity index is 1.63. The van der Waals surface area contributed by atoms with E-state index in [4.69, 9.17) is 4.42 Å².